The minimum Gasteiger partial charge on any atom is -0.330 e. The van der Waals surface area contributed by atoms with Crippen LogP contribution in [0, 0.1) is 6.92 Å². The van der Waals surface area contributed by atoms with Crippen LogP contribution in [-0.4, -0.2) is 35.7 Å². The molecule has 0 unspecified atom stereocenters. The Balaban J connectivity index is 1.97. The molecule has 2 aromatic rings. The predicted octanol–water partition coefficient (Wildman–Crippen LogP) is 3.05. The van der Waals surface area contributed by atoms with Crippen molar-refractivity contribution in [3.05, 3.63) is 59.7 Å². The van der Waals surface area contributed by atoms with E-state index in [9.17, 15) is 14.4 Å². The maximum atomic E-state index is 12.5. The predicted molar refractivity (Wildman–Crippen MR) is 102 cm³/mol. The molecular formula is C20H23N3O3. The average molecular weight is 353 g/mol. The highest BCUT2D eigenvalue weighted by Crippen LogP contribution is 2.14. The average Bonchev–Trinajstić information content (AvgIpc) is 2.61. The van der Waals surface area contributed by atoms with Crippen molar-refractivity contribution in [1.29, 1.82) is 0 Å². The van der Waals surface area contributed by atoms with Gasteiger partial charge in [-0.15, -0.1) is 0 Å². The Kier molecular flexibility index (Phi) is 6.49. The molecule has 6 nitrogen and oxygen atoms in total. The second-order valence-corrected chi connectivity index (χ2v) is 5.99. The second kappa shape index (κ2) is 8.80. The van der Waals surface area contributed by atoms with Gasteiger partial charge in [-0.1, -0.05) is 17.7 Å². The summed E-state index contributed by atoms with van der Waals surface area (Å²) in [7, 11) is 0. The fourth-order valence-electron chi connectivity index (χ4n) is 2.42. The van der Waals surface area contributed by atoms with Crippen LogP contribution >= 0.6 is 0 Å². The zero-order valence-electron chi connectivity index (χ0n) is 15.2. The van der Waals surface area contributed by atoms with Crippen LogP contribution in [0.2, 0.25) is 0 Å². The van der Waals surface area contributed by atoms with Crippen LogP contribution in [0.3, 0.4) is 0 Å². The van der Waals surface area contributed by atoms with E-state index in [0.29, 0.717) is 23.5 Å². The summed E-state index contributed by atoms with van der Waals surface area (Å²) in [5, 5.41) is 5.42. The van der Waals surface area contributed by atoms with Gasteiger partial charge in [-0.2, -0.15) is 0 Å². The van der Waals surface area contributed by atoms with E-state index >= 15 is 0 Å². The largest absolute Gasteiger partial charge is 0.330 e. The van der Waals surface area contributed by atoms with Crippen LogP contribution in [-0.2, 0) is 9.59 Å². The van der Waals surface area contributed by atoms with Gasteiger partial charge in [0.1, 0.15) is 6.54 Å². The molecule has 0 spiro atoms. The maximum absolute atomic E-state index is 12.5. The van der Waals surface area contributed by atoms with Crippen LogP contribution in [0.4, 0.5) is 11.4 Å². The number of hydrogen-bond acceptors (Lipinski definition) is 3. The minimum absolute atomic E-state index is 0.0311. The monoisotopic (exact) mass is 353 g/mol. The maximum Gasteiger partial charge on any atom is 0.254 e. The number of nitrogens with zero attached hydrogens (tertiary/aromatic N) is 1. The lowest BCUT2D eigenvalue weighted by molar-refractivity contribution is -0.117. The van der Waals surface area contributed by atoms with Crippen molar-refractivity contribution in [3.63, 3.8) is 0 Å². The highest BCUT2D eigenvalue weighted by Gasteiger charge is 2.17. The van der Waals surface area contributed by atoms with Gasteiger partial charge in [-0.25, -0.2) is 0 Å². The van der Waals surface area contributed by atoms with Crippen molar-refractivity contribution in [3.8, 4) is 0 Å². The molecule has 0 saturated heterocycles. The molecule has 0 aliphatic heterocycles. The summed E-state index contributed by atoms with van der Waals surface area (Å²) in [6.07, 6.45) is 0. The van der Waals surface area contributed by atoms with Gasteiger partial charge in [0, 0.05) is 30.4 Å². The molecule has 0 saturated carbocycles. The summed E-state index contributed by atoms with van der Waals surface area (Å²) in [6, 6.07) is 14.1. The topological polar surface area (TPSA) is 78.5 Å². The lowest BCUT2D eigenvalue weighted by atomic mass is 10.1. The molecule has 2 rings (SSSR count). The van der Waals surface area contributed by atoms with Gasteiger partial charge in [-0.3, -0.25) is 14.4 Å². The zero-order chi connectivity index (χ0) is 19.1. The third-order valence-electron chi connectivity index (χ3n) is 3.79. The highest BCUT2D eigenvalue weighted by molar-refractivity contribution is 5.99. The summed E-state index contributed by atoms with van der Waals surface area (Å²) in [4.78, 5) is 37.3. The summed E-state index contributed by atoms with van der Waals surface area (Å²) in [6.45, 7) is 5.62. The van der Waals surface area contributed by atoms with Gasteiger partial charge in [0.05, 0.1) is 0 Å². The van der Waals surface area contributed by atoms with Gasteiger partial charge in [0.2, 0.25) is 11.8 Å². The molecule has 26 heavy (non-hydrogen) atoms. The molecule has 0 radical (unpaired) electrons. The summed E-state index contributed by atoms with van der Waals surface area (Å²) in [5.41, 5.74) is 2.89. The first-order valence-electron chi connectivity index (χ1n) is 8.42. The molecule has 6 heteroatoms. The first kappa shape index (κ1) is 19.2. The van der Waals surface area contributed by atoms with E-state index in [-0.39, 0.29) is 24.3 Å². The fourth-order valence-corrected chi connectivity index (χ4v) is 2.42. The van der Waals surface area contributed by atoms with Crippen molar-refractivity contribution in [2.45, 2.75) is 20.8 Å². The van der Waals surface area contributed by atoms with Crippen molar-refractivity contribution in [2.75, 3.05) is 23.7 Å². The molecule has 0 aliphatic rings. The first-order valence-corrected chi connectivity index (χ1v) is 8.42. The smallest absolute Gasteiger partial charge is 0.254 e. The van der Waals surface area contributed by atoms with Crippen LogP contribution < -0.4 is 10.6 Å². The van der Waals surface area contributed by atoms with Crippen molar-refractivity contribution in [2.24, 2.45) is 0 Å². The van der Waals surface area contributed by atoms with Gasteiger partial charge >= 0.3 is 0 Å². The fraction of sp³-hybridized carbons (Fsp3) is 0.250. The molecular weight excluding hydrogens is 330 g/mol. The Bertz CT molecular complexity index is 783. The highest BCUT2D eigenvalue weighted by atomic mass is 16.2. The molecule has 0 heterocycles. The number of likely N-dealkylation sites (N-methyl/N-ethyl adjacent to an activating group) is 1. The Hall–Kier alpha value is -3.15. The molecule has 0 aliphatic carbocycles. The van der Waals surface area contributed by atoms with Crippen molar-refractivity contribution < 1.29 is 14.4 Å². The van der Waals surface area contributed by atoms with E-state index in [1.165, 1.54) is 11.8 Å². The number of benzene rings is 2. The number of nitrogens with one attached hydrogen (secondary N) is 2. The minimum atomic E-state index is -0.278. The second-order valence-electron chi connectivity index (χ2n) is 5.99. The molecule has 0 bridgehead atoms. The van der Waals surface area contributed by atoms with E-state index in [1.807, 2.05) is 26.0 Å². The Labute approximate surface area is 153 Å². The van der Waals surface area contributed by atoms with Crippen molar-refractivity contribution in [1.82, 2.24) is 4.90 Å². The normalized spacial score (nSPS) is 10.1. The summed E-state index contributed by atoms with van der Waals surface area (Å²) < 4.78 is 0. The summed E-state index contributed by atoms with van der Waals surface area (Å²) in [5.74, 6) is -0.613. The van der Waals surface area contributed by atoms with Gasteiger partial charge < -0.3 is 15.5 Å². The molecule has 0 atom stereocenters. The number of carbonyl (C=O) groups excluding carboxylic acids is 3. The van der Waals surface area contributed by atoms with Crippen LogP contribution in [0.15, 0.2) is 48.5 Å². The van der Waals surface area contributed by atoms with Crippen LogP contribution in [0.1, 0.15) is 29.8 Å². The third kappa shape index (κ3) is 5.44. The van der Waals surface area contributed by atoms with Crippen LogP contribution in [0.25, 0.3) is 0 Å². The lowest BCUT2D eigenvalue weighted by Gasteiger charge is -2.20. The number of carbonyl (C=O) groups is 3. The number of rotatable bonds is 6. The molecule has 0 fully saturated rings. The third-order valence-corrected chi connectivity index (χ3v) is 3.79. The van der Waals surface area contributed by atoms with E-state index in [4.69, 9.17) is 0 Å². The van der Waals surface area contributed by atoms with E-state index < -0.39 is 0 Å². The number of hydrogen-bond donors (Lipinski definition) is 2. The molecule has 2 N–H and O–H groups in total. The SMILES string of the molecule is CCN(CC(=O)Nc1ccc(NC(C)=O)cc1)C(=O)c1ccc(C)cc1. The molecule has 3 amide bonds. The molecule has 136 valence electrons. The van der Waals surface area contributed by atoms with Gasteiger partial charge in [-0.05, 0) is 50.2 Å². The first-order chi connectivity index (χ1) is 12.4. The molecule has 2 aromatic carbocycles. The van der Waals surface area contributed by atoms with Gasteiger partial charge in [0.15, 0.2) is 0 Å². The Morgan fingerprint density at radius 1 is 0.885 bits per heavy atom. The number of amides is 3. The Morgan fingerprint density at radius 2 is 1.42 bits per heavy atom. The summed E-state index contributed by atoms with van der Waals surface area (Å²) >= 11 is 0. The van der Waals surface area contributed by atoms with Crippen molar-refractivity contribution >= 4 is 29.1 Å². The van der Waals surface area contributed by atoms with E-state index in [2.05, 4.69) is 10.6 Å². The standard InChI is InChI=1S/C20H23N3O3/c1-4-23(20(26)16-7-5-14(2)6-8-16)13-19(25)22-18-11-9-17(10-12-18)21-15(3)24/h5-12H,4,13H2,1-3H3,(H,21,24)(H,22,25). The lowest BCUT2D eigenvalue weighted by Crippen LogP contribution is -2.37. The number of anilines is 2. The van der Waals surface area contributed by atoms with Gasteiger partial charge in [0.25, 0.3) is 5.91 Å². The molecule has 0 aromatic heterocycles. The zero-order valence-corrected chi connectivity index (χ0v) is 15.2. The van der Waals surface area contributed by atoms with Crippen LogP contribution in [0.5, 0.6) is 0 Å². The number of aryl methyl sites for hydroxylation is 1. The van der Waals surface area contributed by atoms with E-state index in [0.717, 1.165) is 5.56 Å². The Morgan fingerprint density at radius 3 is 1.92 bits per heavy atom. The van der Waals surface area contributed by atoms with E-state index in [1.54, 1.807) is 36.4 Å². The quantitative estimate of drug-likeness (QED) is 0.838.